The number of hydrogen-bond acceptors (Lipinski definition) is 4. The standard InChI is InChI=1S/C28H31BrFN3O4S/c1-3-18-31-28(35)26(4-2)32(19-21-10-14-23(30)15-11-21)27(34)20-33(24-16-12-22(29)13-17-24)38(36,37)25-8-6-5-7-9-25/h5-17,26H,3-4,18-20H2,1-2H3,(H,31,35)/t26-/m0/s1. The van der Waals surface area contributed by atoms with Crippen molar-refractivity contribution in [3.63, 3.8) is 0 Å². The van der Waals surface area contributed by atoms with E-state index in [1.807, 2.05) is 6.92 Å². The van der Waals surface area contributed by atoms with Crippen molar-refractivity contribution in [3.8, 4) is 0 Å². The second-order valence-electron chi connectivity index (χ2n) is 8.66. The minimum Gasteiger partial charge on any atom is -0.354 e. The average Bonchev–Trinajstić information content (AvgIpc) is 2.92. The molecule has 2 amide bonds. The van der Waals surface area contributed by atoms with Crippen LogP contribution in [0.25, 0.3) is 0 Å². The number of nitrogens with zero attached hydrogens (tertiary/aromatic N) is 2. The zero-order valence-electron chi connectivity index (χ0n) is 21.3. The summed E-state index contributed by atoms with van der Waals surface area (Å²) in [7, 11) is -4.12. The van der Waals surface area contributed by atoms with E-state index in [2.05, 4.69) is 21.2 Å². The van der Waals surface area contributed by atoms with E-state index in [0.29, 0.717) is 24.2 Å². The van der Waals surface area contributed by atoms with Crippen LogP contribution in [0.5, 0.6) is 0 Å². The summed E-state index contributed by atoms with van der Waals surface area (Å²) in [5, 5.41) is 2.83. The first-order valence-electron chi connectivity index (χ1n) is 12.3. The Morgan fingerprint density at radius 2 is 1.58 bits per heavy atom. The lowest BCUT2D eigenvalue weighted by Gasteiger charge is -2.33. The monoisotopic (exact) mass is 603 g/mol. The number of anilines is 1. The highest BCUT2D eigenvalue weighted by molar-refractivity contribution is 9.10. The van der Waals surface area contributed by atoms with E-state index in [0.717, 1.165) is 15.2 Å². The first-order chi connectivity index (χ1) is 18.2. The quantitative estimate of drug-likeness (QED) is 0.311. The van der Waals surface area contributed by atoms with Crippen LogP contribution >= 0.6 is 15.9 Å². The van der Waals surface area contributed by atoms with Crippen LogP contribution in [0.15, 0.2) is 88.2 Å². The van der Waals surface area contributed by atoms with Gasteiger partial charge in [-0.1, -0.05) is 60.1 Å². The van der Waals surface area contributed by atoms with Crippen LogP contribution in [0, 0.1) is 5.82 Å². The third-order valence-electron chi connectivity index (χ3n) is 5.93. The van der Waals surface area contributed by atoms with E-state index >= 15 is 0 Å². The van der Waals surface area contributed by atoms with E-state index in [1.165, 1.54) is 29.2 Å². The third kappa shape index (κ3) is 7.41. The maximum Gasteiger partial charge on any atom is 0.264 e. The molecule has 0 unspecified atom stereocenters. The number of hydrogen-bond donors (Lipinski definition) is 1. The molecular formula is C28H31BrFN3O4S. The van der Waals surface area contributed by atoms with E-state index in [1.54, 1.807) is 61.5 Å². The number of halogens is 2. The summed E-state index contributed by atoms with van der Waals surface area (Å²) >= 11 is 3.36. The van der Waals surface area contributed by atoms with Gasteiger partial charge in [-0.05, 0) is 66.9 Å². The number of carbonyl (C=O) groups excluding carboxylic acids is 2. The van der Waals surface area contributed by atoms with Crippen molar-refractivity contribution in [1.29, 1.82) is 0 Å². The zero-order valence-corrected chi connectivity index (χ0v) is 23.7. The Hall–Kier alpha value is -3.24. The molecule has 0 aliphatic rings. The Kier molecular flexibility index (Phi) is 10.4. The lowest BCUT2D eigenvalue weighted by Crippen LogP contribution is -2.52. The van der Waals surface area contributed by atoms with Gasteiger partial charge in [0.2, 0.25) is 11.8 Å². The summed E-state index contributed by atoms with van der Waals surface area (Å²) in [4.78, 5) is 28.3. The summed E-state index contributed by atoms with van der Waals surface area (Å²) in [6, 6.07) is 19.3. The Bertz CT molecular complexity index is 1320. The van der Waals surface area contributed by atoms with E-state index < -0.39 is 34.3 Å². The van der Waals surface area contributed by atoms with Gasteiger partial charge in [0.1, 0.15) is 18.4 Å². The van der Waals surface area contributed by atoms with Gasteiger partial charge in [-0.3, -0.25) is 13.9 Å². The van der Waals surface area contributed by atoms with Crippen molar-refractivity contribution in [3.05, 3.63) is 94.7 Å². The highest BCUT2D eigenvalue weighted by Gasteiger charge is 2.33. The maximum atomic E-state index is 13.9. The van der Waals surface area contributed by atoms with Crippen LogP contribution in [0.4, 0.5) is 10.1 Å². The maximum absolute atomic E-state index is 13.9. The molecule has 0 radical (unpaired) electrons. The fourth-order valence-corrected chi connectivity index (χ4v) is 5.63. The largest absolute Gasteiger partial charge is 0.354 e. The van der Waals surface area contributed by atoms with Crippen LogP contribution in [-0.4, -0.2) is 44.3 Å². The molecule has 0 bridgehead atoms. The lowest BCUT2D eigenvalue weighted by atomic mass is 10.1. The summed E-state index contributed by atoms with van der Waals surface area (Å²) < 4.78 is 42.7. The molecule has 0 saturated carbocycles. The van der Waals surface area contributed by atoms with Crippen LogP contribution in [-0.2, 0) is 26.2 Å². The zero-order chi connectivity index (χ0) is 27.7. The molecule has 7 nitrogen and oxygen atoms in total. The van der Waals surface area contributed by atoms with Crippen LogP contribution in [0.1, 0.15) is 32.3 Å². The Labute approximate surface area is 231 Å². The summed E-state index contributed by atoms with van der Waals surface area (Å²) in [6.45, 7) is 3.64. The Morgan fingerprint density at radius 3 is 2.16 bits per heavy atom. The van der Waals surface area contributed by atoms with Crippen molar-refractivity contribution in [1.82, 2.24) is 10.2 Å². The molecule has 0 aliphatic carbocycles. The van der Waals surface area contributed by atoms with Gasteiger partial charge in [0.15, 0.2) is 0 Å². The fraction of sp³-hybridized carbons (Fsp3) is 0.286. The van der Waals surface area contributed by atoms with Gasteiger partial charge in [-0.2, -0.15) is 0 Å². The molecule has 1 atom stereocenters. The Balaban J connectivity index is 2.02. The number of amides is 2. The predicted molar refractivity (Wildman–Crippen MR) is 149 cm³/mol. The first kappa shape index (κ1) is 29.3. The molecule has 3 aromatic carbocycles. The van der Waals surface area contributed by atoms with E-state index in [9.17, 15) is 22.4 Å². The van der Waals surface area contributed by atoms with Crippen molar-refractivity contribution in [2.75, 3.05) is 17.4 Å². The molecule has 1 N–H and O–H groups in total. The molecule has 3 rings (SSSR count). The highest BCUT2D eigenvalue weighted by atomic mass is 79.9. The molecule has 0 fully saturated rings. The number of carbonyl (C=O) groups is 2. The molecule has 38 heavy (non-hydrogen) atoms. The lowest BCUT2D eigenvalue weighted by molar-refractivity contribution is -0.140. The topological polar surface area (TPSA) is 86.8 Å². The fourth-order valence-electron chi connectivity index (χ4n) is 3.93. The van der Waals surface area contributed by atoms with Gasteiger partial charge in [0, 0.05) is 17.6 Å². The normalized spacial score (nSPS) is 12.0. The highest BCUT2D eigenvalue weighted by Crippen LogP contribution is 2.26. The molecule has 3 aromatic rings. The molecule has 0 spiro atoms. The minimum absolute atomic E-state index is 0.0106. The van der Waals surface area contributed by atoms with Crippen molar-refractivity contribution < 1.29 is 22.4 Å². The third-order valence-corrected chi connectivity index (χ3v) is 8.24. The van der Waals surface area contributed by atoms with E-state index in [-0.39, 0.29) is 17.3 Å². The molecule has 0 heterocycles. The van der Waals surface area contributed by atoms with Gasteiger partial charge in [0.05, 0.1) is 10.6 Å². The Morgan fingerprint density at radius 1 is 0.947 bits per heavy atom. The van der Waals surface area contributed by atoms with Gasteiger partial charge in [-0.25, -0.2) is 12.8 Å². The molecule has 202 valence electrons. The first-order valence-corrected chi connectivity index (χ1v) is 14.6. The molecule has 0 aromatic heterocycles. The van der Waals surface area contributed by atoms with Crippen LogP contribution in [0.3, 0.4) is 0 Å². The summed E-state index contributed by atoms with van der Waals surface area (Å²) in [5.74, 6) is -1.31. The van der Waals surface area contributed by atoms with E-state index in [4.69, 9.17) is 0 Å². The SMILES string of the molecule is CCCNC(=O)[C@H](CC)N(Cc1ccc(F)cc1)C(=O)CN(c1ccc(Br)cc1)S(=O)(=O)c1ccccc1. The minimum atomic E-state index is -4.12. The van der Waals surface area contributed by atoms with Crippen molar-refractivity contribution in [2.45, 2.75) is 44.2 Å². The van der Waals surface area contributed by atoms with Gasteiger partial charge < -0.3 is 10.2 Å². The molecule has 0 aliphatic heterocycles. The number of rotatable bonds is 12. The second-order valence-corrected chi connectivity index (χ2v) is 11.4. The summed E-state index contributed by atoms with van der Waals surface area (Å²) in [6.07, 6.45) is 1.03. The number of nitrogens with one attached hydrogen (secondary N) is 1. The smallest absolute Gasteiger partial charge is 0.264 e. The number of benzene rings is 3. The molecular weight excluding hydrogens is 573 g/mol. The van der Waals surface area contributed by atoms with Gasteiger partial charge in [-0.15, -0.1) is 0 Å². The average molecular weight is 605 g/mol. The molecule has 0 saturated heterocycles. The van der Waals surface area contributed by atoms with Crippen molar-refractivity contribution >= 4 is 43.5 Å². The summed E-state index contributed by atoms with van der Waals surface area (Å²) in [5.41, 5.74) is 0.915. The second kappa shape index (κ2) is 13.5. The van der Waals surface area contributed by atoms with Gasteiger partial charge in [0.25, 0.3) is 10.0 Å². The molecule has 10 heteroatoms. The predicted octanol–water partition coefficient (Wildman–Crippen LogP) is 5.12. The van der Waals surface area contributed by atoms with Crippen LogP contribution < -0.4 is 9.62 Å². The van der Waals surface area contributed by atoms with Gasteiger partial charge >= 0.3 is 0 Å². The van der Waals surface area contributed by atoms with Crippen molar-refractivity contribution in [2.24, 2.45) is 0 Å². The van der Waals surface area contributed by atoms with Crippen LogP contribution in [0.2, 0.25) is 0 Å². The number of sulfonamides is 1.